The number of aryl methyl sites for hydroxylation is 1. The molecule has 0 bridgehead atoms. The molecule has 0 aliphatic rings. The monoisotopic (exact) mass is 314 g/mol. The number of benzene rings is 1. The molecule has 0 amide bonds. The van der Waals surface area contributed by atoms with Crippen LogP contribution in [0.1, 0.15) is 44.7 Å². The molecule has 0 aromatic heterocycles. The number of hydrogen-bond acceptors (Lipinski definition) is 3. The zero-order valence-corrected chi connectivity index (χ0v) is 13.3. The van der Waals surface area contributed by atoms with Gasteiger partial charge in [0.15, 0.2) is 0 Å². The molecule has 0 fully saturated rings. The van der Waals surface area contributed by atoms with Gasteiger partial charge in [0, 0.05) is 0 Å². The molecule has 0 spiro atoms. The van der Waals surface area contributed by atoms with Crippen LogP contribution in [0.2, 0.25) is 0 Å². The van der Waals surface area contributed by atoms with Crippen molar-refractivity contribution in [1.82, 2.24) is 0 Å². The number of rotatable bonds is 8. The van der Waals surface area contributed by atoms with Crippen LogP contribution in [0, 0.1) is 5.92 Å². The van der Waals surface area contributed by atoms with Gasteiger partial charge in [-0.25, -0.2) is 8.78 Å². The van der Waals surface area contributed by atoms with Crippen molar-refractivity contribution < 1.29 is 23.4 Å². The molecule has 3 nitrogen and oxygen atoms in total. The number of carbonyl (C=O) groups excluding carboxylic acids is 1. The van der Waals surface area contributed by atoms with E-state index in [0.717, 1.165) is 24.8 Å². The third kappa shape index (κ3) is 4.50. The van der Waals surface area contributed by atoms with Gasteiger partial charge >= 0.3 is 5.97 Å². The first-order valence-electron chi connectivity index (χ1n) is 7.61. The zero-order chi connectivity index (χ0) is 16.8. The van der Waals surface area contributed by atoms with Crippen molar-refractivity contribution in [3.63, 3.8) is 0 Å². The molecule has 1 aromatic rings. The minimum atomic E-state index is -3.01. The fourth-order valence-corrected chi connectivity index (χ4v) is 2.38. The van der Waals surface area contributed by atoms with Crippen LogP contribution in [0.25, 0.3) is 0 Å². The average molecular weight is 314 g/mol. The summed E-state index contributed by atoms with van der Waals surface area (Å²) in [7, 11) is 0. The highest BCUT2D eigenvalue weighted by Crippen LogP contribution is 2.34. The van der Waals surface area contributed by atoms with Gasteiger partial charge in [0.1, 0.15) is 11.5 Å². The van der Waals surface area contributed by atoms with Crippen molar-refractivity contribution >= 4 is 5.97 Å². The average Bonchev–Trinajstić information content (AvgIpc) is 2.45. The number of halogens is 2. The Kier molecular flexibility index (Phi) is 6.94. The first-order valence-corrected chi connectivity index (χ1v) is 7.61. The Morgan fingerprint density at radius 3 is 2.32 bits per heavy atom. The lowest BCUT2D eigenvalue weighted by Crippen LogP contribution is -2.42. The normalized spacial score (nSPS) is 15.4. The standard InChI is InChI=1S/C17H24F2O3/c1-4-6-7-12-8-10-13(11-9-12)17(3,21)14(15(18)19)16(20)22-5-2/h8-11,14-15,21H,4-7H2,1-3H3. The highest BCUT2D eigenvalue weighted by atomic mass is 19.3. The first-order chi connectivity index (χ1) is 10.3. The van der Waals surface area contributed by atoms with Crippen LogP contribution in [-0.2, 0) is 21.6 Å². The summed E-state index contributed by atoms with van der Waals surface area (Å²) >= 11 is 0. The number of carbonyl (C=O) groups is 1. The third-order valence-electron chi connectivity index (χ3n) is 3.76. The fourth-order valence-electron chi connectivity index (χ4n) is 2.38. The summed E-state index contributed by atoms with van der Waals surface area (Å²) in [6.45, 7) is 4.85. The SMILES string of the molecule is CCCCc1ccc(C(C)(O)C(C(=O)OCC)C(F)F)cc1. The van der Waals surface area contributed by atoms with Crippen molar-refractivity contribution in [2.75, 3.05) is 6.61 Å². The summed E-state index contributed by atoms with van der Waals surface area (Å²) in [6, 6.07) is 6.79. The van der Waals surface area contributed by atoms with Crippen LogP contribution in [0.5, 0.6) is 0 Å². The largest absolute Gasteiger partial charge is 0.466 e. The molecule has 1 N–H and O–H groups in total. The molecule has 0 heterocycles. The van der Waals surface area contributed by atoms with E-state index in [1.165, 1.54) is 13.8 Å². The molecule has 5 heteroatoms. The molecule has 0 saturated carbocycles. The molecule has 2 atom stereocenters. The molecular weight excluding hydrogens is 290 g/mol. The second-order valence-electron chi connectivity index (χ2n) is 5.51. The number of aliphatic hydroxyl groups is 1. The van der Waals surface area contributed by atoms with Gasteiger partial charge in [-0.3, -0.25) is 4.79 Å². The summed E-state index contributed by atoms with van der Waals surface area (Å²) < 4.78 is 31.1. The van der Waals surface area contributed by atoms with Gasteiger partial charge < -0.3 is 9.84 Å². The molecule has 0 aliphatic heterocycles. The highest BCUT2D eigenvalue weighted by Gasteiger charge is 2.46. The number of ether oxygens (including phenoxy) is 1. The molecule has 0 radical (unpaired) electrons. The fraction of sp³-hybridized carbons (Fsp3) is 0.588. The van der Waals surface area contributed by atoms with Gasteiger partial charge in [0.05, 0.1) is 6.61 Å². The van der Waals surface area contributed by atoms with E-state index in [9.17, 15) is 18.7 Å². The van der Waals surface area contributed by atoms with Crippen LogP contribution >= 0.6 is 0 Å². The van der Waals surface area contributed by atoms with E-state index >= 15 is 0 Å². The number of unbranched alkanes of at least 4 members (excludes halogenated alkanes) is 1. The quantitative estimate of drug-likeness (QED) is 0.745. The molecule has 124 valence electrons. The Morgan fingerprint density at radius 1 is 1.27 bits per heavy atom. The van der Waals surface area contributed by atoms with Gasteiger partial charge in [-0.2, -0.15) is 0 Å². The molecule has 22 heavy (non-hydrogen) atoms. The predicted molar refractivity (Wildman–Crippen MR) is 80.8 cm³/mol. The second kappa shape index (κ2) is 8.22. The van der Waals surface area contributed by atoms with Crippen molar-refractivity contribution in [2.24, 2.45) is 5.92 Å². The topological polar surface area (TPSA) is 46.5 Å². The van der Waals surface area contributed by atoms with Crippen molar-refractivity contribution in [1.29, 1.82) is 0 Å². The van der Waals surface area contributed by atoms with E-state index in [2.05, 4.69) is 11.7 Å². The third-order valence-corrected chi connectivity index (χ3v) is 3.76. The lowest BCUT2D eigenvalue weighted by molar-refractivity contribution is -0.169. The smallest absolute Gasteiger partial charge is 0.318 e. The Balaban J connectivity index is 3.01. The number of esters is 1. The minimum Gasteiger partial charge on any atom is -0.466 e. The Bertz CT molecular complexity index is 469. The van der Waals surface area contributed by atoms with Gasteiger partial charge in [-0.1, -0.05) is 37.6 Å². The number of alkyl halides is 2. The summed E-state index contributed by atoms with van der Waals surface area (Å²) in [5.74, 6) is -2.99. The maximum absolute atomic E-state index is 13.2. The van der Waals surface area contributed by atoms with Gasteiger partial charge in [-0.05, 0) is 37.8 Å². The molecule has 2 unspecified atom stereocenters. The van der Waals surface area contributed by atoms with E-state index in [1.807, 2.05) is 0 Å². The molecular formula is C17H24F2O3. The molecule has 1 aromatic carbocycles. The summed E-state index contributed by atoms with van der Waals surface area (Å²) in [5, 5.41) is 10.5. The van der Waals surface area contributed by atoms with Crippen LogP contribution in [-0.4, -0.2) is 24.1 Å². The van der Waals surface area contributed by atoms with Crippen molar-refractivity contribution in [3.8, 4) is 0 Å². The minimum absolute atomic E-state index is 0.00586. The molecule has 0 saturated heterocycles. The van der Waals surface area contributed by atoms with E-state index in [1.54, 1.807) is 24.3 Å². The first kappa shape index (κ1) is 18.6. The summed E-state index contributed by atoms with van der Waals surface area (Å²) in [5.41, 5.74) is -0.624. The van der Waals surface area contributed by atoms with Crippen LogP contribution in [0.4, 0.5) is 8.78 Å². The lowest BCUT2D eigenvalue weighted by Gasteiger charge is -2.31. The number of hydrogen-bond donors (Lipinski definition) is 1. The zero-order valence-electron chi connectivity index (χ0n) is 13.3. The van der Waals surface area contributed by atoms with Gasteiger partial charge in [0.25, 0.3) is 6.43 Å². The van der Waals surface area contributed by atoms with Crippen LogP contribution in [0.15, 0.2) is 24.3 Å². The lowest BCUT2D eigenvalue weighted by atomic mass is 9.82. The summed E-state index contributed by atoms with van der Waals surface area (Å²) in [4.78, 5) is 11.8. The maximum atomic E-state index is 13.2. The Labute approximate surface area is 130 Å². The van der Waals surface area contributed by atoms with E-state index < -0.39 is 23.9 Å². The van der Waals surface area contributed by atoms with E-state index in [-0.39, 0.29) is 12.2 Å². The molecule has 1 rings (SSSR count). The Hall–Kier alpha value is -1.49. The van der Waals surface area contributed by atoms with Crippen LogP contribution < -0.4 is 0 Å². The van der Waals surface area contributed by atoms with Crippen molar-refractivity contribution in [2.45, 2.75) is 52.1 Å². The molecule has 0 aliphatic carbocycles. The second-order valence-corrected chi connectivity index (χ2v) is 5.51. The van der Waals surface area contributed by atoms with Gasteiger partial charge in [-0.15, -0.1) is 0 Å². The van der Waals surface area contributed by atoms with E-state index in [4.69, 9.17) is 0 Å². The van der Waals surface area contributed by atoms with Crippen LogP contribution in [0.3, 0.4) is 0 Å². The predicted octanol–water partition coefficient (Wildman–Crippen LogP) is 3.68. The maximum Gasteiger partial charge on any atom is 0.318 e. The van der Waals surface area contributed by atoms with Gasteiger partial charge in [0.2, 0.25) is 0 Å². The Morgan fingerprint density at radius 2 is 1.86 bits per heavy atom. The summed E-state index contributed by atoms with van der Waals surface area (Å²) in [6.07, 6.45) is -0.00267. The van der Waals surface area contributed by atoms with Crippen molar-refractivity contribution in [3.05, 3.63) is 35.4 Å². The highest BCUT2D eigenvalue weighted by molar-refractivity contribution is 5.74. The van der Waals surface area contributed by atoms with E-state index in [0.29, 0.717) is 0 Å².